The SMILES string of the molecule is Cn1ccnc1[C@H]1OCC[C@@H]1NCc1cn2ccccc2n1. The number of hydrogen-bond donors (Lipinski definition) is 1. The minimum atomic E-state index is 0.0111. The Labute approximate surface area is 128 Å². The van der Waals surface area contributed by atoms with Crippen LogP contribution in [0.1, 0.15) is 24.0 Å². The van der Waals surface area contributed by atoms with Crippen LogP contribution in [0.3, 0.4) is 0 Å². The summed E-state index contributed by atoms with van der Waals surface area (Å²) in [5.74, 6) is 0.977. The van der Waals surface area contributed by atoms with Crippen molar-refractivity contribution in [3.8, 4) is 0 Å². The van der Waals surface area contributed by atoms with E-state index in [9.17, 15) is 0 Å². The van der Waals surface area contributed by atoms with Crippen LogP contribution in [-0.2, 0) is 18.3 Å². The van der Waals surface area contributed by atoms with Crippen LogP contribution in [0.4, 0.5) is 0 Å². The first kappa shape index (κ1) is 13.5. The number of nitrogens with one attached hydrogen (secondary N) is 1. The molecule has 0 unspecified atom stereocenters. The van der Waals surface area contributed by atoms with Gasteiger partial charge in [0.2, 0.25) is 0 Å². The molecule has 3 aromatic heterocycles. The summed E-state index contributed by atoms with van der Waals surface area (Å²) in [6.07, 6.45) is 8.85. The molecule has 1 aliphatic heterocycles. The average molecular weight is 297 g/mol. The molecule has 0 aromatic carbocycles. The van der Waals surface area contributed by atoms with Crippen LogP contribution in [-0.4, -0.2) is 31.6 Å². The standard InChI is InChI=1S/C16H19N5O/c1-20-8-6-17-16(20)15-13(5-9-22-15)18-10-12-11-21-7-3-2-4-14(21)19-12/h2-4,6-8,11,13,15,18H,5,9-10H2,1H3/t13-,15-/m0/s1. The highest BCUT2D eigenvalue weighted by molar-refractivity contribution is 5.39. The van der Waals surface area contributed by atoms with Gasteiger partial charge in [0.25, 0.3) is 0 Å². The molecule has 2 atom stereocenters. The van der Waals surface area contributed by atoms with Gasteiger partial charge in [0.15, 0.2) is 0 Å². The van der Waals surface area contributed by atoms with Crippen molar-refractivity contribution in [1.29, 1.82) is 0 Å². The smallest absolute Gasteiger partial charge is 0.139 e. The van der Waals surface area contributed by atoms with Crippen molar-refractivity contribution in [1.82, 2.24) is 24.3 Å². The molecule has 3 aromatic rings. The van der Waals surface area contributed by atoms with Crippen molar-refractivity contribution in [2.24, 2.45) is 7.05 Å². The van der Waals surface area contributed by atoms with Gasteiger partial charge in [-0.15, -0.1) is 0 Å². The zero-order valence-electron chi connectivity index (χ0n) is 12.5. The second-order valence-electron chi connectivity index (χ2n) is 5.66. The third-order valence-corrected chi connectivity index (χ3v) is 4.16. The van der Waals surface area contributed by atoms with Crippen molar-refractivity contribution < 1.29 is 4.74 Å². The van der Waals surface area contributed by atoms with E-state index in [0.717, 1.165) is 36.7 Å². The molecule has 0 aliphatic carbocycles. The maximum Gasteiger partial charge on any atom is 0.139 e. The number of aromatic nitrogens is 4. The zero-order valence-corrected chi connectivity index (χ0v) is 12.5. The summed E-state index contributed by atoms with van der Waals surface area (Å²) >= 11 is 0. The zero-order chi connectivity index (χ0) is 14.9. The second kappa shape index (κ2) is 5.55. The molecule has 0 amide bonds. The van der Waals surface area contributed by atoms with E-state index in [1.54, 1.807) is 0 Å². The molecule has 0 spiro atoms. The number of pyridine rings is 1. The topological polar surface area (TPSA) is 56.4 Å². The fourth-order valence-corrected chi connectivity index (χ4v) is 3.01. The van der Waals surface area contributed by atoms with Gasteiger partial charge >= 0.3 is 0 Å². The van der Waals surface area contributed by atoms with Crippen LogP contribution in [0.15, 0.2) is 43.0 Å². The Balaban J connectivity index is 1.47. The largest absolute Gasteiger partial charge is 0.369 e. The molecule has 4 heterocycles. The fraction of sp³-hybridized carbons (Fsp3) is 0.375. The summed E-state index contributed by atoms with van der Waals surface area (Å²) in [5, 5.41) is 3.57. The lowest BCUT2D eigenvalue weighted by Gasteiger charge is -2.19. The Bertz CT molecular complexity index is 745. The third-order valence-electron chi connectivity index (χ3n) is 4.16. The van der Waals surface area contributed by atoms with Crippen molar-refractivity contribution in [3.05, 3.63) is 54.5 Å². The van der Waals surface area contributed by atoms with Crippen LogP contribution in [0.5, 0.6) is 0 Å². The van der Waals surface area contributed by atoms with Gasteiger partial charge in [-0.1, -0.05) is 6.07 Å². The molecule has 1 fully saturated rings. The molecule has 0 radical (unpaired) electrons. The molecule has 0 bridgehead atoms. The molecule has 0 saturated carbocycles. The highest BCUT2D eigenvalue weighted by atomic mass is 16.5. The predicted octanol–water partition coefficient (Wildman–Crippen LogP) is 1.69. The van der Waals surface area contributed by atoms with Gasteiger partial charge in [0.05, 0.1) is 5.69 Å². The number of imidazole rings is 2. The van der Waals surface area contributed by atoms with Crippen LogP contribution in [0.2, 0.25) is 0 Å². The van der Waals surface area contributed by atoms with E-state index < -0.39 is 0 Å². The Hall–Kier alpha value is -2.18. The van der Waals surface area contributed by atoms with Gasteiger partial charge in [-0.25, -0.2) is 9.97 Å². The molecule has 22 heavy (non-hydrogen) atoms. The Kier molecular flexibility index (Phi) is 3.40. The summed E-state index contributed by atoms with van der Waals surface area (Å²) in [5.41, 5.74) is 2.01. The predicted molar refractivity (Wildman–Crippen MR) is 82.3 cm³/mol. The number of rotatable bonds is 4. The minimum Gasteiger partial charge on any atom is -0.369 e. The molecule has 6 heteroatoms. The van der Waals surface area contributed by atoms with E-state index in [0.29, 0.717) is 0 Å². The van der Waals surface area contributed by atoms with Gasteiger partial charge in [-0.05, 0) is 18.6 Å². The van der Waals surface area contributed by atoms with E-state index in [1.165, 1.54) is 0 Å². The third kappa shape index (κ3) is 2.40. The summed E-state index contributed by atoms with van der Waals surface area (Å²) in [7, 11) is 2.00. The lowest BCUT2D eigenvalue weighted by molar-refractivity contribution is 0.0892. The first-order valence-corrected chi connectivity index (χ1v) is 7.56. The maximum atomic E-state index is 5.87. The van der Waals surface area contributed by atoms with E-state index in [4.69, 9.17) is 4.74 Å². The van der Waals surface area contributed by atoms with Crippen molar-refractivity contribution in [3.63, 3.8) is 0 Å². The Morgan fingerprint density at radius 3 is 3.14 bits per heavy atom. The van der Waals surface area contributed by atoms with Gasteiger partial charge in [-0.3, -0.25) is 0 Å². The second-order valence-corrected chi connectivity index (χ2v) is 5.66. The average Bonchev–Trinajstić information content (AvgIpc) is 3.23. The molecule has 114 valence electrons. The summed E-state index contributed by atoms with van der Waals surface area (Å²) in [6.45, 7) is 1.50. The monoisotopic (exact) mass is 297 g/mol. The van der Waals surface area contributed by atoms with E-state index >= 15 is 0 Å². The van der Waals surface area contributed by atoms with Crippen LogP contribution >= 0.6 is 0 Å². The van der Waals surface area contributed by atoms with Crippen LogP contribution in [0, 0.1) is 0 Å². The highest BCUT2D eigenvalue weighted by Gasteiger charge is 2.32. The highest BCUT2D eigenvalue weighted by Crippen LogP contribution is 2.27. The quantitative estimate of drug-likeness (QED) is 0.796. The summed E-state index contributed by atoms with van der Waals surface area (Å²) in [4.78, 5) is 9.03. The number of fused-ring (bicyclic) bond motifs is 1. The van der Waals surface area contributed by atoms with Crippen LogP contribution in [0.25, 0.3) is 5.65 Å². The molecule has 6 nitrogen and oxygen atoms in total. The van der Waals surface area contributed by atoms with Crippen molar-refractivity contribution >= 4 is 5.65 Å². The van der Waals surface area contributed by atoms with Gasteiger partial charge in [0.1, 0.15) is 17.6 Å². The maximum absolute atomic E-state index is 5.87. The van der Waals surface area contributed by atoms with E-state index in [2.05, 4.69) is 21.5 Å². The lowest BCUT2D eigenvalue weighted by Crippen LogP contribution is -2.32. The number of ether oxygens (including phenoxy) is 1. The van der Waals surface area contributed by atoms with Crippen molar-refractivity contribution in [2.45, 2.75) is 25.1 Å². The first-order valence-electron chi connectivity index (χ1n) is 7.56. The molecule has 1 aliphatic rings. The lowest BCUT2D eigenvalue weighted by atomic mass is 10.1. The van der Waals surface area contributed by atoms with Gasteiger partial charge in [-0.2, -0.15) is 0 Å². The van der Waals surface area contributed by atoms with Gasteiger partial charge in [0, 0.05) is 51.0 Å². The van der Waals surface area contributed by atoms with Crippen LogP contribution < -0.4 is 5.32 Å². The Morgan fingerprint density at radius 1 is 1.36 bits per heavy atom. The number of aryl methyl sites for hydroxylation is 1. The molecule has 1 N–H and O–H groups in total. The first-order chi connectivity index (χ1) is 10.8. The van der Waals surface area contributed by atoms with E-state index in [1.807, 2.05) is 52.8 Å². The van der Waals surface area contributed by atoms with E-state index in [-0.39, 0.29) is 12.1 Å². The molecule has 4 rings (SSSR count). The molecular weight excluding hydrogens is 278 g/mol. The minimum absolute atomic E-state index is 0.0111. The molecular formula is C16H19N5O. The normalized spacial score (nSPS) is 21.7. The summed E-state index contributed by atoms with van der Waals surface area (Å²) < 4.78 is 9.93. The summed E-state index contributed by atoms with van der Waals surface area (Å²) in [6, 6.07) is 6.29. The number of hydrogen-bond acceptors (Lipinski definition) is 4. The fourth-order valence-electron chi connectivity index (χ4n) is 3.01. The van der Waals surface area contributed by atoms with Gasteiger partial charge < -0.3 is 19.0 Å². The van der Waals surface area contributed by atoms with Crippen molar-refractivity contribution in [2.75, 3.05) is 6.61 Å². The molecule has 1 saturated heterocycles. The number of nitrogens with zero attached hydrogens (tertiary/aromatic N) is 4. The Morgan fingerprint density at radius 2 is 2.32 bits per heavy atom.